The van der Waals surface area contributed by atoms with Crippen LogP contribution in [0.15, 0.2) is 70.4 Å². The number of carbonyl (C=O) groups excluding carboxylic acids is 1. The number of nitrogens with zero attached hydrogens (tertiary/aromatic N) is 4. The SMILES string of the molecule is CC#CCOc1ncnc(N2CCC(C)(C)C2)c1F.CC1(C)[C@H](C(=O)O[C@H](C#N)c2cccc(Oc3ccccc3)c2)[C@@H]1C=C(Br)Br. The second-order valence-corrected chi connectivity index (χ2v) is 15.4. The van der Waals surface area contributed by atoms with E-state index in [1.165, 1.54) is 6.33 Å². The van der Waals surface area contributed by atoms with Crippen molar-refractivity contribution in [1.82, 2.24) is 9.97 Å². The molecule has 3 atom stereocenters. The number of anilines is 1. The summed E-state index contributed by atoms with van der Waals surface area (Å²) < 4.78 is 31.6. The first-order chi connectivity index (χ1) is 22.4. The molecule has 0 N–H and O–H groups in total. The van der Waals surface area contributed by atoms with E-state index in [9.17, 15) is 14.4 Å². The van der Waals surface area contributed by atoms with Gasteiger partial charge in [-0.2, -0.15) is 14.6 Å². The summed E-state index contributed by atoms with van der Waals surface area (Å²) in [6, 6.07) is 18.5. The first-order valence-corrected chi connectivity index (χ1v) is 16.7. The quantitative estimate of drug-likeness (QED) is 0.158. The molecule has 2 aliphatic rings. The summed E-state index contributed by atoms with van der Waals surface area (Å²) in [5.74, 6) is 5.87. The molecule has 246 valence electrons. The predicted molar refractivity (Wildman–Crippen MR) is 186 cm³/mol. The van der Waals surface area contributed by atoms with Crippen LogP contribution in [0.1, 0.15) is 52.7 Å². The fourth-order valence-corrected chi connectivity index (χ4v) is 6.00. The van der Waals surface area contributed by atoms with Crippen LogP contribution in [0.2, 0.25) is 0 Å². The molecular weight excluding hydrogens is 731 g/mol. The fraction of sp³-hybridized carbons (Fsp3) is 0.389. The van der Waals surface area contributed by atoms with Crippen LogP contribution in [-0.2, 0) is 9.53 Å². The van der Waals surface area contributed by atoms with Crippen molar-refractivity contribution in [3.05, 3.63) is 81.8 Å². The van der Waals surface area contributed by atoms with Crippen LogP contribution in [0.3, 0.4) is 0 Å². The van der Waals surface area contributed by atoms with Crippen molar-refractivity contribution in [1.29, 1.82) is 5.26 Å². The zero-order valence-corrected chi connectivity index (χ0v) is 30.1. The maximum absolute atomic E-state index is 14.3. The third-order valence-corrected chi connectivity index (χ3v) is 8.66. The van der Waals surface area contributed by atoms with E-state index in [1.807, 2.05) is 55.2 Å². The average Bonchev–Trinajstić information content (AvgIpc) is 3.36. The summed E-state index contributed by atoms with van der Waals surface area (Å²) >= 11 is 6.68. The van der Waals surface area contributed by atoms with Crippen LogP contribution in [0, 0.1) is 51.7 Å². The maximum atomic E-state index is 14.3. The molecule has 2 aromatic carbocycles. The Morgan fingerprint density at radius 3 is 2.49 bits per heavy atom. The van der Waals surface area contributed by atoms with Crippen LogP contribution < -0.4 is 14.4 Å². The Morgan fingerprint density at radius 2 is 1.85 bits per heavy atom. The van der Waals surface area contributed by atoms with Gasteiger partial charge in [-0.05, 0) is 86.2 Å². The van der Waals surface area contributed by atoms with Gasteiger partial charge in [-0.3, -0.25) is 4.79 Å². The van der Waals surface area contributed by atoms with Crippen LogP contribution in [0.25, 0.3) is 0 Å². The highest BCUT2D eigenvalue weighted by atomic mass is 79.9. The van der Waals surface area contributed by atoms with Crippen LogP contribution >= 0.6 is 31.9 Å². The molecule has 0 amide bonds. The van der Waals surface area contributed by atoms with Gasteiger partial charge >= 0.3 is 5.97 Å². The summed E-state index contributed by atoms with van der Waals surface area (Å²) in [5.41, 5.74) is 0.560. The summed E-state index contributed by atoms with van der Waals surface area (Å²) in [6.07, 6.45) is 3.31. The number of ether oxygens (including phenoxy) is 3. The standard InChI is InChI=1S/C22H19Br2NO3.C14H18FN3O/c1-22(2)17(12-19(23)24)20(22)21(26)28-18(13-25)14-7-6-10-16(11-14)27-15-8-4-3-5-9-15;1-4-5-8-19-13-11(15)12(16-10-17-13)18-7-6-14(2,3)9-18/h3-12,17-18,20H,1-2H3;10H,6-9H2,1-3H3/t17-,18+,20-;/m0./s1. The number of carbonyl (C=O) groups is 1. The Hall–Kier alpha value is -3.93. The lowest BCUT2D eigenvalue weighted by molar-refractivity contribution is -0.149. The molecule has 47 heavy (non-hydrogen) atoms. The van der Waals surface area contributed by atoms with Crippen LogP contribution in [0.4, 0.5) is 10.2 Å². The van der Waals surface area contributed by atoms with Gasteiger partial charge in [0.15, 0.2) is 12.4 Å². The molecule has 0 spiro atoms. The number of rotatable bonds is 9. The van der Waals surface area contributed by atoms with Crippen molar-refractivity contribution < 1.29 is 23.4 Å². The minimum absolute atomic E-state index is 0.0301. The fourth-order valence-electron chi connectivity index (χ4n) is 5.43. The van der Waals surface area contributed by atoms with Crippen LogP contribution in [-0.4, -0.2) is 35.6 Å². The van der Waals surface area contributed by atoms with Gasteiger partial charge in [0.25, 0.3) is 5.88 Å². The van der Waals surface area contributed by atoms with Crippen molar-refractivity contribution in [3.63, 3.8) is 0 Å². The number of hydrogen-bond acceptors (Lipinski definition) is 8. The molecule has 3 aromatic rings. The molecule has 0 bridgehead atoms. The van der Waals surface area contributed by atoms with E-state index >= 15 is 0 Å². The Kier molecular flexibility index (Phi) is 12.1. The van der Waals surface area contributed by atoms with E-state index in [4.69, 9.17) is 14.2 Å². The molecule has 11 heteroatoms. The summed E-state index contributed by atoms with van der Waals surface area (Å²) in [5, 5.41) is 9.56. The molecule has 2 fully saturated rings. The minimum atomic E-state index is -0.986. The molecule has 2 heterocycles. The molecule has 1 aromatic heterocycles. The van der Waals surface area contributed by atoms with Gasteiger partial charge in [-0.25, -0.2) is 4.98 Å². The second kappa shape index (κ2) is 15.8. The number of hydrogen-bond donors (Lipinski definition) is 0. The Balaban J connectivity index is 0.000000229. The third-order valence-electron chi connectivity index (χ3n) is 8.14. The lowest BCUT2D eigenvalue weighted by Crippen LogP contribution is -2.25. The van der Waals surface area contributed by atoms with Crippen LogP contribution in [0.5, 0.6) is 17.4 Å². The third kappa shape index (κ3) is 9.56. The monoisotopic (exact) mass is 766 g/mol. The minimum Gasteiger partial charge on any atom is -0.462 e. The lowest BCUT2D eigenvalue weighted by atomic mass is 9.93. The molecule has 0 unspecified atom stereocenters. The molecule has 0 radical (unpaired) electrons. The molecule has 5 rings (SSSR count). The number of aromatic nitrogens is 2. The zero-order valence-electron chi connectivity index (χ0n) is 27.0. The predicted octanol–water partition coefficient (Wildman–Crippen LogP) is 8.74. The number of allylic oxidation sites excluding steroid dienone is 1. The highest BCUT2D eigenvalue weighted by Crippen LogP contribution is 2.60. The van der Waals surface area contributed by atoms with Gasteiger partial charge < -0.3 is 19.1 Å². The highest BCUT2D eigenvalue weighted by Gasteiger charge is 2.61. The van der Waals surface area contributed by atoms with Gasteiger partial charge in [0.05, 0.1) is 9.31 Å². The molecule has 8 nitrogen and oxygen atoms in total. The van der Waals surface area contributed by atoms with Crippen molar-refractivity contribution in [2.75, 3.05) is 24.6 Å². The van der Waals surface area contributed by atoms with E-state index in [-0.39, 0.29) is 41.1 Å². The van der Waals surface area contributed by atoms with Gasteiger partial charge in [0.2, 0.25) is 11.9 Å². The first kappa shape index (κ1) is 35.9. The Bertz CT molecular complexity index is 1690. The summed E-state index contributed by atoms with van der Waals surface area (Å²) in [4.78, 5) is 22.5. The van der Waals surface area contributed by atoms with E-state index in [0.29, 0.717) is 22.9 Å². The smallest absolute Gasteiger partial charge is 0.311 e. The number of esters is 1. The lowest BCUT2D eigenvalue weighted by Gasteiger charge is -2.21. The molecule has 1 saturated heterocycles. The average molecular weight is 769 g/mol. The summed E-state index contributed by atoms with van der Waals surface area (Å²) in [6.45, 7) is 11.8. The molecule has 1 saturated carbocycles. The van der Waals surface area contributed by atoms with Crippen molar-refractivity contribution in [2.45, 2.75) is 47.1 Å². The number of para-hydroxylation sites is 1. The topological polar surface area (TPSA) is 97.6 Å². The van der Waals surface area contributed by atoms with Gasteiger partial charge in [-0.15, -0.1) is 5.92 Å². The van der Waals surface area contributed by atoms with E-state index in [0.717, 1.165) is 22.9 Å². The Labute approximate surface area is 292 Å². The second-order valence-electron chi connectivity index (χ2n) is 12.6. The summed E-state index contributed by atoms with van der Waals surface area (Å²) in [7, 11) is 0. The van der Waals surface area contributed by atoms with E-state index in [1.54, 1.807) is 31.2 Å². The van der Waals surface area contributed by atoms with Crippen molar-refractivity contribution in [2.24, 2.45) is 22.7 Å². The van der Waals surface area contributed by atoms with Gasteiger partial charge in [0.1, 0.15) is 23.9 Å². The van der Waals surface area contributed by atoms with Crippen molar-refractivity contribution in [3.8, 4) is 35.3 Å². The normalized spacial score (nSPS) is 19.0. The first-order valence-electron chi connectivity index (χ1n) is 15.1. The Morgan fingerprint density at radius 1 is 1.13 bits per heavy atom. The van der Waals surface area contributed by atoms with Crippen molar-refractivity contribution >= 4 is 43.6 Å². The molecular formula is C36H37Br2FN4O4. The van der Waals surface area contributed by atoms with E-state index < -0.39 is 11.9 Å². The number of nitriles is 1. The highest BCUT2D eigenvalue weighted by molar-refractivity contribution is 9.28. The largest absolute Gasteiger partial charge is 0.462 e. The molecule has 1 aliphatic heterocycles. The number of halogens is 3. The molecule has 1 aliphatic carbocycles. The zero-order chi connectivity index (χ0) is 34.2. The van der Waals surface area contributed by atoms with E-state index in [2.05, 4.69) is 73.6 Å². The maximum Gasteiger partial charge on any atom is 0.311 e. The van der Waals surface area contributed by atoms with Gasteiger partial charge in [0, 0.05) is 18.7 Å². The van der Waals surface area contributed by atoms with Gasteiger partial charge in [-0.1, -0.05) is 70.0 Å². The number of benzene rings is 2.